The largest absolute Gasteiger partial charge is 0.308 e. The standard InChI is InChI=1S/C30H62N2/c1-5-7-9-11-13-14-15-16-17-18-19-20-21-22-24-26-28-32(30-29-31(3)4)27-25-23-12-10-8-6-2/h16-17H,5-15,18-30H2,1-4H3/b17-16-. The van der Waals surface area contributed by atoms with E-state index in [-0.39, 0.29) is 0 Å². The number of unbranched alkanes of at least 4 members (excludes halogenated alkanes) is 17. The minimum absolute atomic E-state index is 1.20. The monoisotopic (exact) mass is 450 g/mol. The van der Waals surface area contributed by atoms with Gasteiger partial charge in [-0.2, -0.15) is 0 Å². The zero-order valence-electron chi connectivity index (χ0n) is 23.0. The van der Waals surface area contributed by atoms with Crippen LogP contribution in [0.5, 0.6) is 0 Å². The van der Waals surface area contributed by atoms with E-state index in [0.717, 1.165) is 0 Å². The van der Waals surface area contributed by atoms with Crippen LogP contribution in [-0.2, 0) is 0 Å². The molecule has 0 N–H and O–H groups in total. The fourth-order valence-corrected chi connectivity index (χ4v) is 4.38. The van der Waals surface area contributed by atoms with Crippen molar-refractivity contribution >= 4 is 0 Å². The lowest BCUT2D eigenvalue weighted by Gasteiger charge is -2.24. The van der Waals surface area contributed by atoms with Crippen molar-refractivity contribution in [2.45, 2.75) is 142 Å². The van der Waals surface area contributed by atoms with E-state index in [1.54, 1.807) is 0 Å². The molecule has 0 aliphatic carbocycles. The molecule has 0 rings (SSSR count). The second-order valence-electron chi connectivity index (χ2n) is 10.4. The van der Waals surface area contributed by atoms with Crippen LogP contribution in [0.2, 0.25) is 0 Å². The molecular formula is C30H62N2. The van der Waals surface area contributed by atoms with Gasteiger partial charge in [0, 0.05) is 13.1 Å². The van der Waals surface area contributed by atoms with Gasteiger partial charge in [0.25, 0.3) is 0 Å². The molecule has 0 aromatic carbocycles. The van der Waals surface area contributed by atoms with E-state index in [0.29, 0.717) is 0 Å². The number of allylic oxidation sites excluding steroid dienone is 2. The van der Waals surface area contributed by atoms with Gasteiger partial charge in [-0.3, -0.25) is 0 Å². The molecule has 0 aromatic heterocycles. The van der Waals surface area contributed by atoms with Gasteiger partial charge < -0.3 is 9.80 Å². The van der Waals surface area contributed by atoms with Crippen LogP contribution in [0.15, 0.2) is 12.2 Å². The fourth-order valence-electron chi connectivity index (χ4n) is 4.38. The van der Waals surface area contributed by atoms with Crippen LogP contribution in [0.1, 0.15) is 142 Å². The molecule has 0 aliphatic heterocycles. The van der Waals surface area contributed by atoms with Gasteiger partial charge in [-0.1, -0.05) is 116 Å². The van der Waals surface area contributed by atoms with Gasteiger partial charge >= 0.3 is 0 Å². The predicted octanol–water partition coefficient (Wildman–Crippen LogP) is 9.25. The molecule has 0 amide bonds. The molecule has 0 aromatic rings. The third-order valence-corrected chi connectivity index (χ3v) is 6.68. The van der Waals surface area contributed by atoms with Crippen molar-refractivity contribution in [3.8, 4) is 0 Å². The molecule has 192 valence electrons. The minimum atomic E-state index is 1.20. The van der Waals surface area contributed by atoms with Crippen LogP contribution in [-0.4, -0.2) is 50.1 Å². The number of hydrogen-bond acceptors (Lipinski definition) is 2. The average molecular weight is 451 g/mol. The van der Waals surface area contributed by atoms with Crippen molar-refractivity contribution in [2.24, 2.45) is 0 Å². The molecule has 0 spiro atoms. The summed E-state index contributed by atoms with van der Waals surface area (Å²) in [6.45, 7) is 9.66. The van der Waals surface area contributed by atoms with Gasteiger partial charge in [-0.15, -0.1) is 0 Å². The Morgan fingerprint density at radius 2 is 0.781 bits per heavy atom. The van der Waals surface area contributed by atoms with E-state index < -0.39 is 0 Å². The van der Waals surface area contributed by atoms with Crippen molar-refractivity contribution in [3.63, 3.8) is 0 Å². The van der Waals surface area contributed by atoms with Gasteiger partial charge in [0.05, 0.1) is 0 Å². The molecule has 32 heavy (non-hydrogen) atoms. The lowest BCUT2D eigenvalue weighted by atomic mass is 10.1. The first-order valence-corrected chi connectivity index (χ1v) is 14.7. The van der Waals surface area contributed by atoms with E-state index >= 15 is 0 Å². The molecule has 2 heteroatoms. The SMILES string of the molecule is CCCCCCCC/C=C\CCCCCCCCN(CCCCCCCC)CCN(C)C. The summed E-state index contributed by atoms with van der Waals surface area (Å²) in [5, 5.41) is 0. The lowest BCUT2D eigenvalue weighted by Crippen LogP contribution is -2.33. The molecular weight excluding hydrogens is 388 g/mol. The number of rotatable bonds is 26. The van der Waals surface area contributed by atoms with Crippen molar-refractivity contribution in [3.05, 3.63) is 12.2 Å². The summed E-state index contributed by atoms with van der Waals surface area (Å²) >= 11 is 0. The maximum Gasteiger partial charge on any atom is 0.0109 e. The average Bonchev–Trinajstić information content (AvgIpc) is 2.78. The summed E-state index contributed by atoms with van der Waals surface area (Å²) in [5.74, 6) is 0. The van der Waals surface area contributed by atoms with Gasteiger partial charge in [-0.25, -0.2) is 0 Å². The lowest BCUT2D eigenvalue weighted by molar-refractivity contribution is 0.231. The molecule has 0 fully saturated rings. The van der Waals surface area contributed by atoms with Gasteiger partial charge in [0.15, 0.2) is 0 Å². The highest BCUT2D eigenvalue weighted by Gasteiger charge is 2.05. The maximum absolute atomic E-state index is 2.73. The van der Waals surface area contributed by atoms with Crippen LogP contribution in [0, 0.1) is 0 Å². The van der Waals surface area contributed by atoms with Crippen LogP contribution in [0.25, 0.3) is 0 Å². The molecule has 2 nitrogen and oxygen atoms in total. The van der Waals surface area contributed by atoms with Crippen LogP contribution < -0.4 is 0 Å². The van der Waals surface area contributed by atoms with Gasteiger partial charge in [-0.05, 0) is 65.7 Å². The summed E-state index contributed by atoms with van der Waals surface area (Å²) in [5.41, 5.74) is 0. The van der Waals surface area contributed by atoms with E-state index in [2.05, 4.69) is 49.9 Å². The van der Waals surface area contributed by atoms with Gasteiger partial charge in [0.1, 0.15) is 0 Å². The van der Waals surface area contributed by atoms with Crippen molar-refractivity contribution < 1.29 is 0 Å². The molecule has 0 saturated carbocycles. The van der Waals surface area contributed by atoms with Crippen LogP contribution >= 0.6 is 0 Å². The van der Waals surface area contributed by atoms with Crippen molar-refractivity contribution in [1.29, 1.82) is 0 Å². The maximum atomic E-state index is 2.73. The van der Waals surface area contributed by atoms with Crippen molar-refractivity contribution in [1.82, 2.24) is 9.80 Å². The fraction of sp³-hybridized carbons (Fsp3) is 0.933. The predicted molar refractivity (Wildman–Crippen MR) is 148 cm³/mol. The summed E-state index contributed by atoms with van der Waals surface area (Å²) in [7, 11) is 4.40. The second kappa shape index (κ2) is 26.9. The molecule has 0 aliphatic rings. The highest BCUT2D eigenvalue weighted by Crippen LogP contribution is 2.11. The Morgan fingerprint density at radius 3 is 1.19 bits per heavy atom. The number of hydrogen-bond donors (Lipinski definition) is 0. The smallest absolute Gasteiger partial charge is 0.0109 e. The zero-order chi connectivity index (χ0) is 23.5. The number of likely N-dealkylation sites (N-methyl/N-ethyl adjacent to an activating group) is 1. The third-order valence-electron chi connectivity index (χ3n) is 6.68. The Hall–Kier alpha value is -0.340. The van der Waals surface area contributed by atoms with E-state index in [4.69, 9.17) is 0 Å². The highest BCUT2D eigenvalue weighted by molar-refractivity contribution is 4.81. The first-order valence-electron chi connectivity index (χ1n) is 14.7. The molecule has 0 heterocycles. The minimum Gasteiger partial charge on any atom is -0.308 e. The van der Waals surface area contributed by atoms with Crippen LogP contribution in [0.3, 0.4) is 0 Å². The van der Waals surface area contributed by atoms with Crippen molar-refractivity contribution in [2.75, 3.05) is 40.3 Å². The first-order chi connectivity index (χ1) is 15.7. The molecule has 0 atom stereocenters. The van der Waals surface area contributed by atoms with E-state index in [1.165, 1.54) is 155 Å². The Kier molecular flexibility index (Phi) is 26.6. The third kappa shape index (κ3) is 25.9. The van der Waals surface area contributed by atoms with Gasteiger partial charge in [0.2, 0.25) is 0 Å². The van der Waals surface area contributed by atoms with E-state index in [1.807, 2.05) is 0 Å². The van der Waals surface area contributed by atoms with Crippen LogP contribution in [0.4, 0.5) is 0 Å². The normalized spacial score (nSPS) is 12.1. The molecule has 0 radical (unpaired) electrons. The Labute approximate surface area is 204 Å². The summed E-state index contributed by atoms with van der Waals surface area (Å²) in [6.07, 6.45) is 32.9. The Bertz CT molecular complexity index is 364. The summed E-state index contributed by atoms with van der Waals surface area (Å²) in [4.78, 5) is 5.06. The summed E-state index contributed by atoms with van der Waals surface area (Å²) < 4.78 is 0. The number of nitrogens with zero attached hydrogens (tertiary/aromatic N) is 2. The quantitative estimate of drug-likeness (QED) is 0.0956. The highest BCUT2D eigenvalue weighted by atomic mass is 15.2. The molecule has 0 unspecified atom stereocenters. The Balaban J connectivity index is 3.57. The van der Waals surface area contributed by atoms with E-state index in [9.17, 15) is 0 Å². The second-order valence-corrected chi connectivity index (χ2v) is 10.4. The topological polar surface area (TPSA) is 6.48 Å². The summed E-state index contributed by atoms with van der Waals surface area (Å²) in [6, 6.07) is 0. The molecule has 0 bridgehead atoms. The first kappa shape index (κ1) is 31.7. The Morgan fingerprint density at radius 1 is 0.406 bits per heavy atom. The molecule has 0 saturated heterocycles. The zero-order valence-corrected chi connectivity index (χ0v) is 23.0.